The van der Waals surface area contributed by atoms with E-state index in [4.69, 9.17) is 0 Å². The van der Waals surface area contributed by atoms with E-state index >= 15 is 0 Å². The summed E-state index contributed by atoms with van der Waals surface area (Å²) in [6.07, 6.45) is 7.86. The molecule has 11 heavy (non-hydrogen) atoms. The average molecular weight is 160 g/mol. The number of hydrogen-bond donors (Lipinski definition) is 0. The fourth-order valence-electron chi connectivity index (χ4n) is 1.26. The highest BCUT2D eigenvalue weighted by Gasteiger charge is 2.26. The molecule has 0 atom stereocenters. The maximum absolute atomic E-state index is 3.74. The zero-order valence-electron chi connectivity index (χ0n) is 6.64. The van der Waals surface area contributed by atoms with Crippen LogP contribution in [0.1, 0.15) is 0 Å². The van der Waals surface area contributed by atoms with Crippen molar-refractivity contribution in [3.63, 3.8) is 0 Å². The lowest BCUT2D eigenvalue weighted by molar-refractivity contribution is 1.48. The van der Waals surface area contributed by atoms with Gasteiger partial charge in [-0.25, -0.2) is 0 Å². The molecule has 2 radical (unpaired) electrons. The summed E-state index contributed by atoms with van der Waals surface area (Å²) >= 11 is 0. The van der Waals surface area contributed by atoms with Crippen LogP contribution in [-0.4, -0.2) is 8.07 Å². The third-order valence-electron chi connectivity index (χ3n) is 1.79. The summed E-state index contributed by atoms with van der Waals surface area (Å²) in [5.74, 6) is 0. The molecule has 0 saturated carbocycles. The van der Waals surface area contributed by atoms with E-state index < -0.39 is 8.07 Å². The smallest absolute Gasteiger partial charge is 0.103 e. The van der Waals surface area contributed by atoms with Crippen molar-refractivity contribution >= 4 is 8.07 Å². The number of rotatable bonds is 4. The summed E-state index contributed by atoms with van der Waals surface area (Å²) < 4.78 is 0. The first-order valence-corrected chi connectivity index (χ1v) is 6.16. The van der Waals surface area contributed by atoms with Crippen LogP contribution in [0.4, 0.5) is 0 Å². The molecule has 0 aliphatic carbocycles. The van der Waals surface area contributed by atoms with Gasteiger partial charge in [0.1, 0.15) is 8.07 Å². The Morgan fingerprint density at radius 1 is 1.09 bits per heavy atom. The summed E-state index contributed by atoms with van der Waals surface area (Å²) in [6.45, 7) is 7.49. The molecule has 0 saturated heterocycles. The summed E-state index contributed by atoms with van der Waals surface area (Å²) in [4.78, 5) is 0. The normalized spacial score (nSPS) is 18.5. The highest BCUT2D eigenvalue weighted by atomic mass is 28.3. The van der Waals surface area contributed by atoms with E-state index in [9.17, 15) is 0 Å². The molecule has 0 N–H and O–H groups in total. The van der Waals surface area contributed by atoms with Gasteiger partial charge in [-0.3, -0.25) is 0 Å². The van der Waals surface area contributed by atoms with E-state index in [-0.39, 0.29) is 0 Å². The van der Waals surface area contributed by atoms with Crippen LogP contribution in [0.2, 0.25) is 12.1 Å². The van der Waals surface area contributed by atoms with Crippen molar-refractivity contribution < 1.29 is 0 Å². The lowest BCUT2D eigenvalue weighted by Gasteiger charge is -2.16. The van der Waals surface area contributed by atoms with Crippen LogP contribution >= 0.6 is 0 Å². The standard InChI is InChI=1S/C10H12Si/c1-3-7-11(8-4-2)9-5-6-10-11/h3-6H,1-2,7-8H2. The second kappa shape index (κ2) is 3.53. The largest absolute Gasteiger partial charge is 0.125 e. The Balaban J connectivity index is 2.70. The van der Waals surface area contributed by atoms with Crippen LogP contribution in [0.5, 0.6) is 0 Å². The molecule has 1 rings (SSSR count). The van der Waals surface area contributed by atoms with Gasteiger partial charge in [0.15, 0.2) is 0 Å². The molecule has 1 heteroatoms. The summed E-state index contributed by atoms with van der Waals surface area (Å²) in [5.41, 5.74) is 6.75. The second-order valence-electron chi connectivity index (χ2n) is 2.69. The van der Waals surface area contributed by atoms with Crippen LogP contribution < -0.4 is 0 Å². The van der Waals surface area contributed by atoms with Crippen molar-refractivity contribution in [2.24, 2.45) is 0 Å². The Morgan fingerprint density at radius 2 is 1.55 bits per heavy atom. The van der Waals surface area contributed by atoms with Crippen molar-refractivity contribution in [3.8, 4) is 0 Å². The molecular weight excluding hydrogens is 148 g/mol. The molecule has 1 heterocycles. The van der Waals surface area contributed by atoms with Crippen LogP contribution in [0.15, 0.2) is 37.5 Å². The van der Waals surface area contributed by atoms with E-state index in [1.54, 1.807) is 0 Å². The molecule has 0 fully saturated rings. The predicted molar refractivity (Wildman–Crippen MR) is 51.4 cm³/mol. The molecule has 0 aromatic carbocycles. The van der Waals surface area contributed by atoms with E-state index in [2.05, 4.69) is 24.6 Å². The third-order valence-corrected chi connectivity index (χ3v) is 5.20. The highest BCUT2D eigenvalue weighted by Crippen LogP contribution is 2.22. The lowest BCUT2D eigenvalue weighted by atomic mass is 10.6. The molecule has 0 bridgehead atoms. The van der Waals surface area contributed by atoms with Gasteiger partial charge in [0.05, 0.1) is 0 Å². The monoisotopic (exact) mass is 160 g/mol. The Morgan fingerprint density at radius 3 is 1.91 bits per heavy atom. The van der Waals surface area contributed by atoms with Crippen molar-refractivity contribution in [2.45, 2.75) is 12.1 Å². The van der Waals surface area contributed by atoms with Gasteiger partial charge in [-0.2, -0.15) is 0 Å². The maximum Gasteiger partial charge on any atom is 0.125 e. The minimum atomic E-state index is -1.48. The van der Waals surface area contributed by atoms with E-state index in [0.29, 0.717) is 0 Å². The molecule has 1 aliphatic heterocycles. The van der Waals surface area contributed by atoms with E-state index in [1.807, 2.05) is 24.3 Å². The fraction of sp³-hybridized carbons (Fsp3) is 0.200. The average Bonchev–Trinajstić information content (AvgIpc) is 2.39. The molecule has 0 unspecified atom stereocenters. The first kappa shape index (κ1) is 8.28. The zero-order chi connectivity index (χ0) is 8.16. The van der Waals surface area contributed by atoms with Gasteiger partial charge in [0.2, 0.25) is 0 Å². The minimum absolute atomic E-state index is 1.03. The molecule has 1 aliphatic rings. The molecule has 0 nitrogen and oxygen atoms in total. The predicted octanol–water partition coefficient (Wildman–Crippen LogP) is 2.62. The Hall–Kier alpha value is -0.823. The SMILES string of the molecule is C=CC[Si]1(CC=C)[C]=CC=[C]1. The van der Waals surface area contributed by atoms with Gasteiger partial charge >= 0.3 is 0 Å². The van der Waals surface area contributed by atoms with Crippen LogP contribution in [0, 0.1) is 11.4 Å². The molecule has 0 amide bonds. The van der Waals surface area contributed by atoms with Crippen molar-refractivity contribution in [1.29, 1.82) is 0 Å². The quantitative estimate of drug-likeness (QED) is 0.438. The van der Waals surface area contributed by atoms with Gasteiger partial charge in [0, 0.05) is 0 Å². The molecular formula is C10H12Si. The van der Waals surface area contributed by atoms with Crippen LogP contribution in [-0.2, 0) is 0 Å². The Kier molecular flexibility index (Phi) is 2.66. The van der Waals surface area contributed by atoms with Crippen LogP contribution in [0.25, 0.3) is 0 Å². The summed E-state index contributed by atoms with van der Waals surface area (Å²) in [5, 5.41) is 0. The molecule has 0 aromatic rings. The highest BCUT2D eigenvalue weighted by molar-refractivity contribution is 6.86. The van der Waals surface area contributed by atoms with Crippen LogP contribution in [0.3, 0.4) is 0 Å². The lowest BCUT2D eigenvalue weighted by Crippen LogP contribution is -2.27. The van der Waals surface area contributed by atoms with Gasteiger partial charge < -0.3 is 0 Å². The van der Waals surface area contributed by atoms with Gasteiger partial charge in [0.25, 0.3) is 0 Å². The van der Waals surface area contributed by atoms with Crippen molar-refractivity contribution in [2.75, 3.05) is 0 Å². The van der Waals surface area contributed by atoms with E-state index in [1.165, 1.54) is 0 Å². The molecule has 0 spiro atoms. The minimum Gasteiger partial charge on any atom is -0.103 e. The van der Waals surface area contributed by atoms with Gasteiger partial charge in [-0.05, 0) is 12.1 Å². The van der Waals surface area contributed by atoms with Crippen molar-refractivity contribution in [3.05, 3.63) is 48.9 Å². The number of allylic oxidation sites excluding steroid dienone is 4. The van der Waals surface area contributed by atoms with Gasteiger partial charge in [-0.15, -0.1) is 13.2 Å². The third kappa shape index (κ3) is 1.81. The first-order valence-electron chi connectivity index (χ1n) is 3.75. The fourth-order valence-corrected chi connectivity index (χ4v) is 3.77. The van der Waals surface area contributed by atoms with Gasteiger partial charge in [-0.1, -0.05) is 35.7 Å². The van der Waals surface area contributed by atoms with Crippen molar-refractivity contribution in [1.82, 2.24) is 0 Å². The second-order valence-corrected chi connectivity index (χ2v) is 6.25. The summed E-state index contributed by atoms with van der Waals surface area (Å²) in [7, 11) is -1.48. The van der Waals surface area contributed by atoms with E-state index in [0.717, 1.165) is 12.1 Å². The Labute approximate surface area is 69.6 Å². The topological polar surface area (TPSA) is 0 Å². The number of hydrogen-bond acceptors (Lipinski definition) is 0. The molecule has 0 aromatic heterocycles. The maximum atomic E-state index is 3.74. The molecule has 56 valence electrons. The summed E-state index contributed by atoms with van der Waals surface area (Å²) in [6, 6.07) is 2.07. The first-order chi connectivity index (χ1) is 5.33. The Bertz CT molecular complexity index is 187. The zero-order valence-corrected chi connectivity index (χ0v) is 7.64.